The molecule has 0 heterocycles. The summed E-state index contributed by atoms with van der Waals surface area (Å²) in [6.07, 6.45) is -1.36. The predicted octanol–water partition coefficient (Wildman–Crippen LogP) is 0.655. The zero-order chi connectivity index (χ0) is 13.1. The number of aliphatic hydroxyl groups is 2. The molecule has 4 nitrogen and oxygen atoms in total. The van der Waals surface area contributed by atoms with Crippen LogP contribution in [-0.2, 0) is 9.84 Å². The van der Waals surface area contributed by atoms with E-state index in [-0.39, 0.29) is 11.3 Å². The lowest BCUT2D eigenvalue weighted by molar-refractivity contribution is 0.138. The van der Waals surface area contributed by atoms with Crippen LogP contribution in [0.2, 0.25) is 0 Å². The van der Waals surface area contributed by atoms with Crippen LogP contribution < -0.4 is 0 Å². The number of aliphatic hydroxyl groups excluding tert-OH is 2. The molecule has 2 atom stereocenters. The Balaban J connectivity index is 3.02. The number of hydrogen-bond donors (Lipinski definition) is 2. The van der Waals surface area contributed by atoms with Gasteiger partial charge in [-0.3, -0.25) is 0 Å². The first kappa shape index (κ1) is 14.1. The largest absolute Gasteiger partial charge is 0.395 e. The fourth-order valence-corrected chi connectivity index (χ4v) is 2.70. The summed E-state index contributed by atoms with van der Waals surface area (Å²) < 4.78 is 35.9. The normalized spacial score (nSPS) is 15.5. The van der Waals surface area contributed by atoms with Gasteiger partial charge in [-0.25, -0.2) is 12.8 Å². The molecule has 0 aliphatic carbocycles. The van der Waals surface area contributed by atoms with Gasteiger partial charge in [0.2, 0.25) is 0 Å². The number of rotatable bonds is 5. The van der Waals surface area contributed by atoms with Gasteiger partial charge in [0, 0.05) is 5.75 Å². The van der Waals surface area contributed by atoms with Crippen molar-refractivity contribution in [3.8, 4) is 0 Å². The maximum absolute atomic E-state index is 12.7. The van der Waals surface area contributed by atoms with E-state index < -0.39 is 33.6 Å². The first-order valence-corrected chi connectivity index (χ1v) is 6.90. The Kier molecular flexibility index (Phi) is 4.62. The maximum Gasteiger partial charge on any atom is 0.158 e. The van der Waals surface area contributed by atoms with E-state index in [1.165, 1.54) is 19.1 Å². The highest BCUT2D eigenvalue weighted by Gasteiger charge is 2.31. The average molecular weight is 262 g/mol. The van der Waals surface area contributed by atoms with E-state index in [0.29, 0.717) is 0 Å². The fourth-order valence-electron chi connectivity index (χ4n) is 1.50. The number of halogens is 1. The second-order valence-corrected chi connectivity index (χ2v) is 6.18. The van der Waals surface area contributed by atoms with E-state index in [4.69, 9.17) is 5.11 Å². The molecule has 0 saturated heterocycles. The zero-order valence-electron chi connectivity index (χ0n) is 9.38. The van der Waals surface area contributed by atoms with Crippen molar-refractivity contribution in [2.45, 2.75) is 18.3 Å². The molecule has 0 aromatic heterocycles. The summed E-state index contributed by atoms with van der Waals surface area (Å²) in [7, 11) is -3.56. The van der Waals surface area contributed by atoms with E-state index >= 15 is 0 Å². The minimum Gasteiger partial charge on any atom is -0.395 e. The van der Waals surface area contributed by atoms with Crippen LogP contribution in [0.4, 0.5) is 4.39 Å². The van der Waals surface area contributed by atoms with Gasteiger partial charge in [-0.05, 0) is 17.7 Å². The molecule has 1 rings (SSSR count). The minimum atomic E-state index is -3.56. The lowest BCUT2D eigenvalue weighted by Crippen LogP contribution is -2.33. The summed E-state index contributed by atoms with van der Waals surface area (Å²) in [5, 5.41) is 17.7. The van der Waals surface area contributed by atoms with E-state index in [2.05, 4.69) is 0 Å². The Morgan fingerprint density at radius 3 is 2.24 bits per heavy atom. The van der Waals surface area contributed by atoms with Crippen LogP contribution in [0.25, 0.3) is 0 Å². The quantitative estimate of drug-likeness (QED) is 0.817. The first-order chi connectivity index (χ1) is 7.92. The topological polar surface area (TPSA) is 74.6 Å². The van der Waals surface area contributed by atoms with Crippen LogP contribution in [0, 0.1) is 5.82 Å². The molecule has 0 aliphatic rings. The molecule has 96 valence electrons. The predicted molar refractivity (Wildman–Crippen MR) is 61.7 cm³/mol. The molecule has 0 amide bonds. The number of sulfone groups is 1. The molecule has 2 N–H and O–H groups in total. The van der Waals surface area contributed by atoms with Crippen molar-refractivity contribution in [3.63, 3.8) is 0 Å². The lowest BCUT2D eigenvalue weighted by Gasteiger charge is -2.20. The fraction of sp³-hybridized carbons (Fsp3) is 0.455. The molecule has 0 bridgehead atoms. The van der Waals surface area contributed by atoms with Crippen molar-refractivity contribution in [3.05, 3.63) is 35.6 Å². The molecule has 0 saturated carbocycles. The SMILES string of the molecule is CCS(=O)(=O)[C@H](CO)[C@@H](O)c1ccc(F)cc1. The first-order valence-electron chi connectivity index (χ1n) is 5.18. The summed E-state index contributed by atoms with van der Waals surface area (Å²) in [5.41, 5.74) is 0.266. The molecule has 0 fully saturated rings. The third-order valence-corrected chi connectivity index (χ3v) is 4.74. The molecule has 0 radical (unpaired) electrons. The average Bonchev–Trinajstić information content (AvgIpc) is 2.30. The minimum absolute atomic E-state index is 0.170. The Labute approximate surface area is 99.6 Å². The third-order valence-electron chi connectivity index (χ3n) is 2.61. The molecule has 17 heavy (non-hydrogen) atoms. The summed E-state index contributed by atoms with van der Waals surface area (Å²) in [5.74, 6) is -0.643. The highest BCUT2D eigenvalue weighted by atomic mass is 32.2. The van der Waals surface area contributed by atoms with Crippen molar-refractivity contribution in [2.75, 3.05) is 12.4 Å². The second kappa shape index (κ2) is 5.57. The number of benzene rings is 1. The highest BCUT2D eigenvalue weighted by molar-refractivity contribution is 7.92. The Hall–Kier alpha value is -0.980. The van der Waals surface area contributed by atoms with Gasteiger partial charge in [0.1, 0.15) is 11.1 Å². The smallest absolute Gasteiger partial charge is 0.158 e. The molecule has 0 aliphatic heterocycles. The Morgan fingerprint density at radius 1 is 1.29 bits per heavy atom. The second-order valence-electron chi connectivity index (χ2n) is 3.67. The van der Waals surface area contributed by atoms with E-state index in [1.807, 2.05) is 0 Å². The molecule has 0 unspecified atom stereocenters. The van der Waals surface area contributed by atoms with Crippen molar-refractivity contribution in [1.82, 2.24) is 0 Å². The molecule has 6 heteroatoms. The van der Waals surface area contributed by atoms with Gasteiger partial charge in [-0.1, -0.05) is 19.1 Å². The Bertz CT molecular complexity index is 455. The van der Waals surface area contributed by atoms with Crippen LogP contribution in [0.5, 0.6) is 0 Å². The van der Waals surface area contributed by atoms with Crippen LogP contribution in [0.3, 0.4) is 0 Å². The van der Waals surface area contributed by atoms with Crippen molar-refractivity contribution in [1.29, 1.82) is 0 Å². The van der Waals surface area contributed by atoms with E-state index in [9.17, 15) is 17.9 Å². The van der Waals surface area contributed by atoms with Gasteiger partial charge in [0.15, 0.2) is 9.84 Å². The molecular formula is C11H15FO4S. The lowest BCUT2D eigenvalue weighted by atomic mass is 10.1. The Morgan fingerprint density at radius 2 is 1.82 bits per heavy atom. The molecule has 1 aromatic rings. The van der Waals surface area contributed by atoms with E-state index in [0.717, 1.165) is 12.1 Å². The van der Waals surface area contributed by atoms with E-state index in [1.54, 1.807) is 0 Å². The summed E-state index contributed by atoms with van der Waals surface area (Å²) in [6.45, 7) is 0.768. The van der Waals surface area contributed by atoms with Crippen molar-refractivity contribution >= 4 is 9.84 Å². The monoisotopic (exact) mass is 262 g/mol. The van der Waals surface area contributed by atoms with Crippen molar-refractivity contribution in [2.24, 2.45) is 0 Å². The zero-order valence-corrected chi connectivity index (χ0v) is 10.2. The third kappa shape index (κ3) is 3.24. The molecule has 0 spiro atoms. The van der Waals surface area contributed by atoms with Crippen LogP contribution >= 0.6 is 0 Å². The summed E-state index contributed by atoms with van der Waals surface area (Å²) in [4.78, 5) is 0. The molecular weight excluding hydrogens is 247 g/mol. The molecule has 1 aromatic carbocycles. The number of hydrogen-bond acceptors (Lipinski definition) is 4. The van der Waals surface area contributed by atoms with Gasteiger partial charge in [0.05, 0.1) is 12.7 Å². The standard InChI is InChI=1S/C11H15FO4S/c1-2-17(15,16)10(7-13)11(14)8-3-5-9(12)6-4-8/h3-6,10-11,13-14H,2,7H2,1H3/t10-,11+/m1/s1. The van der Waals surface area contributed by atoms with Gasteiger partial charge in [-0.15, -0.1) is 0 Å². The van der Waals surface area contributed by atoms with Crippen molar-refractivity contribution < 1.29 is 23.0 Å². The highest BCUT2D eigenvalue weighted by Crippen LogP contribution is 2.22. The summed E-state index contributed by atoms with van der Waals surface area (Å²) in [6, 6.07) is 4.86. The van der Waals surface area contributed by atoms with Crippen LogP contribution in [0.1, 0.15) is 18.6 Å². The van der Waals surface area contributed by atoms with Gasteiger partial charge < -0.3 is 10.2 Å². The van der Waals surface area contributed by atoms with Crippen LogP contribution in [-0.4, -0.2) is 36.2 Å². The maximum atomic E-state index is 12.7. The van der Waals surface area contributed by atoms with Gasteiger partial charge in [-0.2, -0.15) is 0 Å². The van der Waals surface area contributed by atoms with Gasteiger partial charge in [0.25, 0.3) is 0 Å². The van der Waals surface area contributed by atoms with Gasteiger partial charge >= 0.3 is 0 Å². The van der Waals surface area contributed by atoms with Crippen LogP contribution in [0.15, 0.2) is 24.3 Å². The summed E-state index contributed by atoms with van der Waals surface area (Å²) >= 11 is 0.